The van der Waals surface area contributed by atoms with Gasteiger partial charge in [-0.1, -0.05) is 44.5 Å². The standard InChI is InChI=1S/C56H67NO9S/c1-3-5-6-9-32-62-45-24-28-49(29-25-45)67-55-52-35-47(64-38-41-14-12-40(37-58)13-15-41)26-30-50(52)51-31-27-48(36-53(51)57-55)65-39-42-16-18-43(19-17-42)56(60)66-46-22-20-44(21-23-46)61-33-10-7-8-11-34-63-54(59)4-2/h4,20-31,35-37,40-43H,2-3,5-19,32-34,38-39H2,1H3. The van der Waals surface area contributed by atoms with Gasteiger partial charge in [-0.25, -0.2) is 9.78 Å². The molecule has 67 heavy (non-hydrogen) atoms. The van der Waals surface area contributed by atoms with Crippen LogP contribution in [0.25, 0.3) is 21.7 Å². The zero-order valence-corrected chi connectivity index (χ0v) is 39.9. The molecule has 0 atom stereocenters. The number of benzene rings is 4. The van der Waals surface area contributed by atoms with E-state index >= 15 is 0 Å². The van der Waals surface area contributed by atoms with E-state index in [0.29, 0.717) is 44.0 Å². The lowest BCUT2D eigenvalue weighted by atomic mass is 9.82. The fourth-order valence-corrected chi connectivity index (χ4v) is 9.81. The van der Waals surface area contributed by atoms with Crippen molar-refractivity contribution >= 4 is 51.7 Å². The number of esters is 2. The maximum absolute atomic E-state index is 13.1. The molecule has 1 heterocycles. The van der Waals surface area contributed by atoms with Crippen molar-refractivity contribution in [1.29, 1.82) is 0 Å². The molecule has 0 amide bonds. The summed E-state index contributed by atoms with van der Waals surface area (Å²) >= 11 is 1.63. The van der Waals surface area contributed by atoms with Crippen molar-refractivity contribution in [3.05, 3.63) is 97.6 Å². The molecule has 2 aliphatic rings. The van der Waals surface area contributed by atoms with Crippen molar-refractivity contribution < 1.29 is 42.8 Å². The largest absolute Gasteiger partial charge is 0.494 e. The average Bonchev–Trinajstić information content (AvgIpc) is 3.36. The van der Waals surface area contributed by atoms with Crippen LogP contribution in [0.1, 0.15) is 110 Å². The zero-order valence-electron chi connectivity index (χ0n) is 39.1. The lowest BCUT2D eigenvalue weighted by Gasteiger charge is -2.27. The summed E-state index contributed by atoms with van der Waals surface area (Å²) in [4.78, 5) is 41.9. The number of hydrogen-bond donors (Lipinski definition) is 0. The smallest absolute Gasteiger partial charge is 0.330 e. The van der Waals surface area contributed by atoms with Crippen LogP contribution in [0.3, 0.4) is 0 Å². The molecule has 0 unspecified atom stereocenters. The fourth-order valence-electron chi connectivity index (χ4n) is 8.90. The fraction of sp³-hybridized carbons (Fsp3) is 0.464. The van der Waals surface area contributed by atoms with Crippen LogP contribution in [0.5, 0.6) is 28.7 Å². The molecular weight excluding hydrogens is 863 g/mol. The first kappa shape index (κ1) is 49.4. The van der Waals surface area contributed by atoms with E-state index in [1.165, 1.54) is 25.3 Å². The number of rotatable bonds is 26. The van der Waals surface area contributed by atoms with E-state index < -0.39 is 0 Å². The van der Waals surface area contributed by atoms with E-state index in [2.05, 4.69) is 49.9 Å². The summed E-state index contributed by atoms with van der Waals surface area (Å²) in [6.07, 6.45) is 17.8. The Bertz CT molecular complexity index is 2350. The van der Waals surface area contributed by atoms with Gasteiger partial charge in [-0.3, -0.25) is 4.79 Å². The molecule has 2 saturated carbocycles. The molecule has 0 radical (unpaired) electrons. The van der Waals surface area contributed by atoms with Crippen molar-refractivity contribution in [2.75, 3.05) is 33.0 Å². The van der Waals surface area contributed by atoms with Crippen LogP contribution in [0.4, 0.5) is 0 Å². The molecule has 1 aromatic heterocycles. The molecule has 0 saturated heterocycles. The van der Waals surface area contributed by atoms with E-state index in [-0.39, 0.29) is 23.8 Å². The number of aldehydes is 1. The molecule has 0 spiro atoms. The van der Waals surface area contributed by atoms with Gasteiger partial charge in [0, 0.05) is 33.7 Å². The highest BCUT2D eigenvalue weighted by Crippen LogP contribution is 2.40. The maximum atomic E-state index is 13.1. The number of unbranched alkanes of at least 4 members (excludes halogenated alkanes) is 6. The number of pyridine rings is 1. The number of carbonyl (C=O) groups is 3. The van der Waals surface area contributed by atoms with Crippen LogP contribution in [0, 0.1) is 23.7 Å². The first-order valence-corrected chi connectivity index (χ1v) is 25.4. The lowest BCUT2D eigenvalue weighted by molar-refractivity contribution is -0.140. The number of nitrogens with zero attached hydrogens (tertiary/aromatic N) is 1. The topological polar surface area (TPSA) is 119 Å². The number of fused-ring (bicyclic) bond motifs is 3. The second-order valence-electron chi connectivity index (χ2n) is 18.1. The van der Waals surface area contributed by atoms with Crippen molar-refractivity contribution in [1.82, 2.24) is 4.98 Å². The molecule has 2 fully saturated rings. The monoisotopic (exact) mass is 929 g/mol. The minimum absolute atomic E-state index is 0.143. The number of aromatic nitrogens is 1. The average molecular weight is 930 g/mol. The van der Waals surface area contributed by atoms with Gasteiger partial charge in [0.25, 0.3) is 0 Å². The molecule has 0 N–H and O–H groups in total. The van der Waals surface area contributed by atoms with Gasteiger partial charge in [0.2, 0.25) is 0 Å². The molecular formula is C56H67NO9S. The van der Waals surface area contributed by atoms with Crippen molar-refractivity contribution in [2.24, 2.45) is 23.7 Å². The van der Waals surface area contributed by atoms with Gasteiger partial charge in [-0.2, -0.15) is 0 Å². The second-order valence-corrected chi connectivity index (χ2v) is 19.1. The van der Waals surface area contributed by atoms with Gasteiger partial charge < -0.3 is 33.2 Å². The molecule has 7 rings (SSSR count). The summed E-state index contributed by atoms with van der Waals surface area (Å²) < 4.78 is 35.5. The third-order valence-corrected chi connectivity index (χ3v) is 14.0. The van der Waals surface area contributed by atoms with E-state index in [1.807, 2.05) is 36.4 Å². The second kappa shape index (κ2) is 26.1. The summed E-state index contributed by atoms with van der Waals surface area (Å²) in [5.74, 6) is 3.99. The summed E-state index contributed by atoms with van der Waals surface area (Å²) in [5, 5.41) is 4.08. The first-order chi connectivity index (χ1) is 32.9. The Balaban J connectivity index is 0.917. The highest BCUT2D eigenvalue weighted by atomic mass is 32.2. The predicted molar refractivity (Wildman–Crippen MR) is 265 cm³/mol. The van der Waals surface area contributed by atoms with E-state index in [9.17, 15) is 14.4 Å². The van der Waals surface area contributed by atoms with Crippen LogP contribution in [0.2, 0.25) is 0 Å². The summed E-state index contributed by atoms with van der Waals surface area (Å²) in [5.41, 5.74) is 0.864. The van der Waals surface area contributed by atoms with Crippen molar-refractivity contribution in [3.8, 4) is 28.7 Å². The summed E-state index contributed by atoms with van der Waals surface area (Å²) in [7, 11) is 0. The Labute approximate surface area is 400 Å². The molecule has 0 bridgehead atoms. The molecule has 0 aliphatic heterocycles. The summed E-state index contributed by atoms with van der Waals surface area (Å²) in [6.45, 7) is 8.54. The minimum atomic E-state index is -0.386. The van der Waals surface area contributed by atoms with Crippen LogP contribution >= 0.6 is 11.8 Å². The third-order valence-electron chi connectivity index (χ3n) is 13.0. The lowest BCUT2D eigenvalue weighted by Crippen LogP contribution is -2.27. The number of hydrogen-bond acceptors (Lipinski definition) is 11. The Hall–Kier alpha value is -5.55. The minimum Gasteiger partial charge on any atom is -0.494 e. The van der Waals surface area contributed by atoms with Gasteiger partial charge in [-0.15, -0.1) is 0 Å². The third kappa shape index (κ3) is 15.2. The van der Waals surface area contributed by atoms with E-state index in [1.54, 1.807) is 23.9 Å². The highest BCUT2D eigenvalue weighted by molar-refractivity contribution is 7.99. The maximum Gasteiger partial charge on any atom is 0.330 e. The molecule has 2 aliphatic carbocycles. The Morgan fingerprint density at radius 2 is 1.16 bits per heavy atom. The molecule has 4 aromatic carbocycles. The number of carbonyl (C=O) groups excluding carboxylic acids is 3. The van der Waals surface area contributed by atoms with Crippen LogP contribution in [0.15, 0.2) is 108 Å². The van der Waals surface area contributed by atoms with Gasteiger partial charge in [-0.05, 0) is 180 Å². The molecule has 11 heteroatoms. The quantitative estimate of drug-likeness (QED) is 0.0132. The SMILES string of the molecule is C=CC(=O)OCCCCCCOc1ccc(OC(=O)C2CCC(COc3ccc4c(c3)nc(Sc3ccc(OCCCCCC)cc3)c3cc(OCC5CCC(C=O)CC5)ccc34)CC2)cc1. The predicted octanol–water partition coefficient (Wildman–Crippen LogP) is 13.3. The van der Waals surface area contributed by atoms with Gasteiger partial charge in [0.1, 0.15) is 40.1 Å². The Morgan fingerprint density at radius 1 is 0.612 bits per heavy atom. The van der Waals surface area contributed by atoms with Crippen LogP contribution in [-0.4, -0.2) is 56.2 Å². The van der Waals surface area contributed by atoms with Gasteiger partial charge in [0.05, 0.1) is 44.5 Å². The van der Waals surface area contributed by atoms with Crippen molar-refractivity contribution in [2.45, 2.75) is 120 Å². The number of ether oxygens (including phenoxy) is 6. The molecule has 10 nitrogen and oxygen atoms in total. The van der Waals surface area contributed by atoms with Crippen molar-refractivity contribution in [3.63, 3.8) is 0 Å². The Morgan fingerprint density at radius 3 is 1.79 bits per heavy atom. The normalized spacial score (nSPS) is 18.2. The highest BCUT2D eigenvalue weighted by Gasteiger charge is 2.28. The van der Waals surface area contributed by atoms with Gasteiger partial charge >= 0.3 is 11.9 Å². The van der Waals surface area contributed by atoms with Crippen LogP contribution in [-0.2, 0) is 19.1 Å². The zero-order chi connectivity index (χ0) is 46.6. The van der Waals surface area contributed by atoms with E-state index in [4.69, 9.17) is 33.4 Å². The Kier molecular flexibility index (Phi) is 19.2. The van der Waals surface area contributed by atoms with Crippen LogP contribution < -0.4 is 23.7 Å². The molecule has 5 aromatic rings. The first-order valence-electron chi connectivity index (χ1n) is 24.6. The summed E-state index contributed by atoms with van der Waals surface area (Å²) in [6, 6.07) is 28.0. The molecule has 356 valence electrons. The van der Waals surface area contributed by atoms with Gasteiger partial charge in [0.15, 0.2) is 0 Å². The van der Waals surface area contributed by atoms with E-state index in [0.717, 1.165) is 151 Å².